The van der Waals surface area contributed by atoms with Crippen LogP contribution in [0.5, 0.6) is 0 Å². The average molecular weight is 291 g/mol. The summed E-state index contributed by atoms with van der Waals surface area (Å²) in [6.07, 6.45) is 0. The number of nitrogens with one attached hydrogen (secondary N) is 1. The second-order valence-electron chi connectivity index (χ2n) is 4.74. The van der Waals surface area contributed by atoms with E-state index < -0.39 is 11.8 Å². The van der Waals surface area contributed by atoms with Gasteiger partial charge in [0.15, 0.2) is 0 Å². The van der Waals surface area contributed by atoms with Crippen molar-refractivity contribution >= 4 is 33.2 Å². The number of benzene rings is 1. The quantitative estimate of drug-likeness (QED) is 0.828. The van der Waals surface area contributed by atoms with Crippen LogP contribution < -0.4 is 11.1 Å². The highest BCUT2D eigenvalue weighted by Gasteiger charge is 2.20. The van der Waals surface area contributed by atoms with E-state index in [2.05, 4.69) is 22.8 Å². The van der Waals surface area contributed by atoms with Gasteiger partial charge in [-0.2, -0.15) is 0 Å². The molecule has 0 bridgehead atoms. The first-order chi connectivity index (χ1) is 9.50. The molecule has 106 valence electrons. The maximum Gasteiger partial charge on any atom is 0.309 e. The van der Waals surface area contributed by atoms with Gasteiger partial charge in [-0.15, -0.1) is 11.3 Å². The first-order valence-electron chi connectivity index (χ1n) is 6.21. The number of nitrogens with two attached hydrogens (primary N) is 1. The van der Waals surface area contributed by atoms with Crippen molar-refractivity contribution in [3.05, 3.63) is 35.2 Å². The van der Waals surface area contributed by atoms with Gasteiger partial charge >= 0.3 is 11.8 Å². The standard InChI is InChI=1S/C14H17N3O2S/c1-17(2)11(7-16-14(19)13(15)18)10-8-20-12-6-4-3-5-9(10)12/h3-6,8,11H,7H2,1-2H3,(H2,15,18)(H,16,19)/t11-/m1/s1. The van der Waals surface area contributed by atoms with Crippen molar-refractivity contribution in [3.8, 4) is 0 Å². The first kappa shape index (κ1) is 14.5. The summed E-state index contributed by atoms with van der Waals surface area (Å²) < 4.78 is 1.20. The third-order valence-electron chi connectivity index (χ3n) is 3.17. The molecule has 2 aromatic rings. The van der Waals surface area contributed by atoms with E-state index in [0.717, 1.165) is 5.56 Å². The third-order valence-corrected chi connectivity index (χ3v) is 4.15. The van der Waals surface area contributed by atoms with Crippen molar-refractivity contribution in [2.75, 3.05) is 20.6 Å². The number of hydrogen-bond acceptors (Lipinski definition) is 4. The van der Waals surface area contributed by atoms with Crippen LogP contribution >= 0.6 is 11.3 Å². The van der Waals surface area contributed by atoms with E-state index in [9.17, 15) is 9.59 Å². The molecular weight excluding hydrogens is 274 g/mol. The summed E-state index contributed by atoms with van der Waals surface area (Å²) in [5.41, 5.74) is 6.08. The van der Waals surface area contributed by atoms with Crippen LogP contribution in [-0.4, -0.2) is 37.4 Å². The zero-order valence-electron chi connectivity index (χ0n) is 11.4. The molecule has 2 rings (SSSR count). The Balaban J connectivity index is 2.25. The molecule has 6 heteroatoms. The van der Waals surface area contributed by atoms with Gasteiger partial charge in [-0.25, -0.2) is 0 Å². The molecule has 0 radical (unpaired) electrons. The Labute approximate surface area is 121 Å². The molecule has 1 heterocycles. The fraction of sp³-hybridized carbons (Fsp3) is 0.286. The summed E-state index contributed by atoms with van der Waals surface area (Å²) in [6, 6.07) is 8.12. The minimum absolute atomic E-state index is 0.00514. The van der Waals surface area contributed by atoms with Gasteiger partial charge in [0.25, 0.3) is 0 Å². The van der Waals surface area contributed by atoms with Crippen molar-refractivity contribution in [1.29, 1.82) is 0 Å². The highest BCUT2D eigenvalue weighted by Crippen LogP contribution is 2.31. The monoisotopic (exact) mass is 291 g/mol. The van der Waals surface area contributed by atoms with Gasteiger partial charge in [0.2, 0.25) is 0 Å². The Hall–Kier alpha value is -1.92. The second kappa shape index (κ2) is 6.02. The maximum atomic E-state index is 11.3. The van der Waals surface area contributed by atoms with Gasteiger partial charge < -0.3 is 16.0 Å². The van der Waals surface area contributed by atoms with Crippen LogP contribution in [-0.2, 0) is 9.59 Å². The number of carbonyl (C=O) groups excluding carboxylic acids is 2. The van der Waals surface area contributed by atoms with Crippen LogP contribution in [0.1, 0.15) is 11.6 Å². The van der Waals surface area contributed by atoms with Crippen LogP contribution in [0.4, 0.5) is 0 Å². The number of likely N-dealkylation sites (N-methyl/N-ethyl adjacent to an activating group) is 1. The Kier molecular flexibility index (Phi) is 4.36. The van der Waals surface area contributed by atoms with Crippen LogP contribution in [0.15, 0.2) is 29.6 Å². The molecule has 0 saturated heterocycles. The van der Waals surface area contributed by atoms with Crippen molar-refractivity contribution in [2.24, 2.45) is 5.73 Å². The Bertz CT molecular complexity index is 636. The minimum Gasteiger partial charge on any atom is -0.361 e. The van der Waals surface area contributed by atoms with Crippen LogP contribution in [0, 0.1) is 0 Å². The number of fused-ring (bicyclic) bond motifs is 1. The fourth-order valence-corrected chi connectivity index (χ4v) is 3.11. The summed E-state index contributed by atoms with van der Waals surface area (Å²) in [4.78, 5) is 24.1. The van der Waals surface area contributed by atoms with E-state index in [1.165, 1.54) is 10.1 Å². The molecule has 0 aliphatic carbocycles. The molecule has 5 nitrogen and oxygen atoms in total. The van der Waals surface area contributed by atoms with Gasteiger partial charge in [-0.1, -0.05) is 18.2 Å². The second-order valence-corrected chi connectivity index (χ2v) is 5.65. The van der Waals surface area contributed by atoms with Gasteiger partial charge in [0.05, 0.1) is 6.04 Å². The Morgan fingerprint density at radius 3 is 2.70 bits per heavy atom. The number of hydrogen-bond donors (Lipinski definition) is 2. The zero-order valence-corrected chi connectivity index (χ0v) is 12.2. The molecule has 1 atom stereocenters. The summed E-state index contributed by atoms with van der Waals surface area (Å²) in [5.74, 6) is -1.71. The fourth-order valence-electron chi connectivity index (χ4n) is 2.10. The molecule has 20 heavy (non-hydrogen) atoms. The number of thiophene rings is 1. The van der Waals surface area contributed by atoms with Gasteiger partial charge in [-0.05, 0) is 36.5 Å². The molecule has 0 unspecified atom stereocenters. The molecule has 2 amide bonds. The van der Waals surface area contributed by atoms with Gasteiger partial charge in [0, 0.05) is 11.2 Å². The lowest BCUT2D eigenvalue weighted by molar-refractivity contribution is -0.137. The topological polar surface area (TPSA) is 75.4 Å². The van der Waals surface area contributed by atoms with Crippen LogP contribution in [0.3, 0.4) is 0 Å². The third kappa shape index (κ3) is 2.97. The normalized spacial score (nSPS) is 12.6. The lowest BCUT2D eigenvalue weighted by Gasteiger charge is -2.24. The van der Waals surface area contributed by atoms with Gasteiger partial charge in [-0.3, -0.25) is 9.59 Å². The Morgan fingerprint density at radius 1 is 1.35 bits per heavy atom. The predicted octanol–water partition coefficient (Wildman–Crippen LogP) is 1.11. The van der Waals surface area contributed by atoms with E-state index in [1.807, 2.05) is 31.1 Å². The number of nitrogens with zero attached hydrogens (tertiary/aromatic N) is 1. The van der Waals surface area contributed by atoms with Crippen LogP contribution in [0.2, 0.25) is 0 Å². The zero-order chi connectivity index (χ0) is 14.7. The smallest absolute Gasteiger partial charge is 0.309 e. The molecule has 0 aliphatic rings. The number of primary amides is 1. The van der Waals surface area contributed by atoms with Crippen molar-refractivity contribution in [3.63, 3.8) is 0 Å². The van der Waals surface area contributed by atoms with Crippen molar-refractivity contribution < 1.29 is 9.59 Å². The minimum atomic E-state index is -0.960. The van der Waals surface area contributed by atoms with Crippen LogP contribution in [0.25, 0.3) is 10.1 Å². The molecule has 0 spiro atoms. The number of amides is 2. The maximum absolute atomic E-state index is 11.3. The molecule has 1 aromatic heterocycles. The molecule has 0 aliphatic heterocycles. The summed E-state index contributed by atoms with van der Waals surface area (Å²) in [6.45, 7) is 0.343. The predicted molar refractivity (Wildman–Crippen MR) is 80.5 cm³/mol. The van der Waals surface area contributed by atoms with E-state index in [4.69, 9.17) is 5.73 Å². The molecule has 1 aromatic carbocycles. The largest absolute Gasteiger partial charge is 0.361 e. The van der Waals surface area contributed by atoms with E-state index in [1.54, 1.807) is 11.3 Å². The average Bonchev–Trinajstić information content (AvgIpc) is 2.82. The number of carbonyl (C=O) groups is 2. The van der Waals surface area contributed by atoms with Crippen molar-refractivity contribution in [2.45, 2.75) is 6.04 Å². The van der Waals surface area contributed by atoms with Gasteiger partial charge in [0.1, 0.15) is 0 Å². The highest BCUT2D eigenvalue weighted by atomic mass is 32.1. The first-order valence-corrected chi connectivity index (χ1v) is 7.09. The summed E-state index contributed by atoms with van der Waals surface area (Å²) in [7, 11) is 3.88. The lowest BCUT2D eigenvalue weighted by Crippen LogP contribution is -2.40. The SMILES string of the molecule is CN(C)[C@H](CNC(=O)C(N)=O)c1csc2ccccc12. The summed E-state index contributed by atoms with van der Waals surface area (Å²) >= 11 is 1.67. The van der Waals surface area contributed by atoms with E-state index in [0.29, 0.717) is 6.54 Å². The number of rotatable bonds is 4. The van der Waals surface area contributed by atoms with E-state index >= 15 is 0 Å². The molecule has 0 fully saturated rings. The molecular formula is C14H17N3O2S. The Morgan fingerprint density at radius 2 is 2.05 bits per heavy atom. The van der Waals surface area contributed by atoms with Crippen molar-refractivity contribution in [1.82, 2.24) is 10.2 Å². The highest BCUT2D eigenvalue weighted by molar-refractivity contribution is 7.17. The van der Waals surface area contributed by atoms with E-state index in [-0.39, 0.29) is 6.04 Å². The molecule has 3 N–H and O–H groups in total. The molecule has 0 saturated carbocycles. The summed E-state index contributed by atoms with van der Waals surface area (Å²) in [5, 5.41) is 5.83. The lowest BCUT2D eigenvalue weighted by atomic mass is 10.0.